The van der Waals surface area contributed by atoms with Crippen LogP contribution in [0.15, 0.2) is 23.1 Å². The van der Waals surface area contributed by atoms with E-state index >= 15 is 0 Å². The van der Waals surface area contributed by atoms with Crippen molar-refractivity contribution in [3.8, 4) is 0 Å². The highest BCUT2D eigenvalue weighted by atomic mass is 16.5. The number of ether oxygens (including phenoxy) is 1. The van der Waals surface area contributed by atoms with Crippen LogP contribution in [0.5, 0.6) is 0 Å². The van der Waals surface area contributed by atoms with Gasteiger partial charge in [0, 0.05) is 38.9 Å². The van der Waals surface area contributed by atoms with Gasteiger partial charge in [-0.2, -0.15) is 0 Å². The fourth-order valence-electron chi connectivity index (χ4n) is 4.79. The number of hydrogen-bond acceptors (Lipinski definition) is 7. The van der Waals surface area contributed by atoms with Gasteiger partial charge in [0.05, 0.1) is 18.4 Å². The Morgan fingerprint density at radius 1 is 1.12 bits per heavy atom. The number of carbonyl (C=O) groups excluding carboxylic acids is 2. The average molecular weight is 442 g/mol. The standard InChI is InChI=1S/C23H31N5O4/c1-3-28-19-18(8-5-11-24-19)25-20(22(28)30)27-12-6-7-17(15-27)21(29)26-13-9-16(10-14-26)23(31)32-4-2/h5,8,11,16-17H,3-4,6-7,9-10,12-15H2,1-2H3/t17-/m0/s1. The molecule has 1 atom stereocenters. The summed E-state index contributed by atoms with van der Waals surface area (Å²) in [7, 11) is 0. The second kappa shape index (κ2) is 9.67. The Hall–Kier alpha value is -2.97. The quantitative estimate of drug-likeness (QED) is 0.653. The first-order valence-electron chi connectivity index (χ1n) is 11.6. The molecule has 0 aromatic carbocycles. The number of esters is 1. The Morgan fingerprint density at radius 2 is 1.91 bits per heavy atom. The number of amides is 1. The number of pyridine rings is 1. The molecular formula is C23H31N5O4. The number of rotatable bonds is 5. The van der Waals surface area contributed by atoms with E-state index in [1.807, 2.05) is 35.8 Å². The van der Waals surface area contributed by atoms with Gasteiger partial charge in [-0.15, -0.1) is 0 Å². The highest BCUT2D eigenvalue weighted by Crippen LogP contribution is 2.26. The summed E-state index contributed by atoms with van der Waals surface area (Å²) in [5, 5.41) is 0. The largest absolute Gasteiger partial charge is 0.466 e. The first-order valence-corrected chi connectivity index (χ1v) is 11.6. The van der Waals surface area contributed by atoms with Gasteiger partial charge in [0.1, 0.15) is 5.52 Å². The Morgan fingerprint density at radius 3 is 2.62 bits per heavy atom. The van der Waals surface area contributed by atoms with Crippen molar-refractivity contribution in [2.24, 2.45) is 11.8 Å². The molecule has 2 aliphatic rings. The van der Waals surface area contributed by atoms with Crippen LogP contribution in [0.1, 0.15) is 39.5 Å². The maximum absolute atomic E-state index is 13.2. The molecule has 2 aromatic heterocycles. The minimum absolute atomic E-state index is 0.107. The molecule has 0 spiro atoms. The van der Waals surface area contributed by atoms with Crippen molar-refractivity contribution >= 4 is 28.9 Å². The lowest BCUT2D eigenvalue weighted by Crippen LogP contribution is -2.49. The van der Waals surface area contributed by atoms with E-state index in [9.17, 15) is 14.4 Å². The molecule has 4 rings (SSSR count). The van der Waals surface area contributed by atoms with Crippen molar-refractivity contribution < 1.29 is 14.3 Å². The monoisotopic (exact) mass is 441 g/mol. The van der Waals surface area contributed by atoms with E-state index in [0.29, 0.717) is 69.2 Å². The number of nitrogens with zero attached hydrogens (tertiary/aromatic N) is 5. The van der Waals surface area contributed by atoms with Crippen LogP contribution in [0.2, 0.25) is 0 Å². The summed E-state index contributed by atoms with van der Waals surface area (Å²) in [6, 6.07) is 3.67. The average Bonchev–Trinajstić information content (AvgIpc) is 2.83. The van der Waals surface area contributed by atoms with E-state index in [-0.39, 0.29) is 29.3 Å². The molecule has 172 valence electrons. The maximum Gasteiger partial charge on any atom is 0.309 e. The van der Waals surface area contributed by atoms with Crippen LogP contribution in [0.3, 0.4) is 0 Å². The summed E-state index contributed by atoms with van der Waals surface area (Å²) in [6.07, 6.45) is 4.57. The second-order valence-corrected chi connectivity index (χ2v) is 8.47. The molecule has 0 saturated carbocycles. The van der Waals surface area contributed by atoms with Crippen molar-refractivity contribution in [3.63, 3.8) is 0 Å². The SMILES string of the molecule is CCOC(=O)C1CCN(C(=O)[C@H]2CCCN(c3nc4cccnc4n(CC)c3=O)C2)CC1. The van der Waals surface area contributed by atoms with Crippen LogP contribution >= 0.6 is 0 Å². The lowest BCUT2D eigenvalue weighted by molar-refractivity contribution is -0.151. The normalized spacial score (nSPS) is 19.9. The minimum Gasteiger partial charge on any atom is -0.466 e. The van der Waals surface area contributed by atoms with Crippen LogP contribution in [-0.2, 0) is 20.9 Å². The molecule has 1 amide bonds. The van der Waals surface area contributed by atoms with Gasteiger partial charge in [0.2, 0.25) is 5.91 Å². The number of anilines is 1. The number of fused-ring (bicyclic) bond motifs is 1. The predicted molar refractivity (Wildman–Crippen MR) is 120 cm³/mol. The molecule has 9 heteroatoms. The van der Waals surface area contributed by atoms with E-state index in [1.54, 1.807) is 10.8 Å². The molecule has 32 heavy (non-hydrogen) atoms. The van der Waals surface area contributed by atoms with Crippen molar-refractivity contribution in [1.29, 1.82) is 0 Å². The van der Waals surface area contributed by atoms with Gasteiger partial charge in [-0.1, -0.05) is 0 Å². The third-order valence-corrected chi connectivity index (χ3v) is 6.50. The van der Waals surface area contributed by atoms with E-state index in [4.69, 9.17) is 4.74 Å². The van der Waals surface area contributed by atoms with Crippen LogP contribution < -0.4 is 10.5 Å². The van der Waals surface area contributed by atoms with Crippen molar-refractivity contribution in [2.45, 2.75) is 46.1 Å². The second-order valence-electron chi connectivity index (χ2n) is 8.47. The summed E-state index contributed by atoms with van der Waals surface area (Å²) < 4.78 is 6.77. The number of likely N-dealkylation sites (tertiary alicyclic amines) is 1. The lowest BCUT2D eigenvalue weighted by atomic mass is 9.93. The molecule has 0 unspecified atom stereocenters. The Bertz CT molecular complexity index is 1040. The number of piperidine rings is 2. The third kappa shape index (κ3) is 4.33. The van der Waals surface area contributed by atoms with Crippen molar-refractivity contribution in [2.75, 3.05) is 37.7 Å². The molecule has 2 saturated heterocycles. The van der Waals surface area contributed by atoms with Gasteiger partial charge in [0.25, 0.3) is 5.56 Å². The zero-order chi connectivity index (χ0) is 22.7. The van der Waals surface area contributed by atoms with E-state index in [1.165, 1.54) is 0 Å². The number of aromatic nitrogens is 3. The van der Waals surface area contributed by atoms with Gasteiger partial charge in [0.15, 0.2) is 11.5 Å². The third-order valence-electron chi connectivity index (χ3n) is 6.50. The summed E-state index contributed by atoms with van der Waals surface area (Å²) in [4.78, 5) is 51.1. The fraction of sp³-hybridized carbons (Fsp3) is 0.609. The van der Waals surface area contributed by atoms with E-state index in [0.717, 1.165) is 12.8 Å². The van der Waals surface area contributed by atoms with Gasteiger partial charge >= 0.3 is 5.97 Å². The van der Waals surface area contributed by atoms with Crippen LogP contribution in [-0.4, -0.2) is 64.1 Å². The Kier molecular flexibility index (Phi) is 6.72. The van der Waals surface area contributed by atoms with Crippen molar-refractivity contribution in [3.05, 3.63) is 28.7 Å². The Balaban J connectivity index is 1.47. The summed E-state index contributed by atoms with van der Waals surface area (Å²) in [6.45, 7) is 6.94. The smallest absolute Gasteiger partial charge is 0.309 e. The van der Waals surface area contributed by atoms with Gasteiger partial charge in [-0.3, -0.25) is 19.0 Å². The molecule has 0 bridgehead atoms. The van der Waals surface area contributed by atoms with Crippen LogP contribution in [0.25, 0.3) is 11.2 Å². The number of carbonyl (C=O) groups is 2. The first-order chi connectivity index (χ1) is 15.5. The molecule has 4 heterocycles. The molecule has 0 aliphatic carbocycles. The fourth-order valence-corrected chi connectivity index (χ4v) is 4.79. The molecule has 2 aliphatic heterocycles. The van der Waals surface area contributed by atoms with Crippen LogP contribution in [0.4, 0.5) is 5.82 Å². The molecule has 2 fully saturated rings. The first kappa shape index (κ1) is 22.2. The summed E-state index contributed by atoms with van der Waals surface area (Å²) in [5.74, 6) is 0.0437. The summed E-state index contributed by atoms with van der Waals surface area (Å²) >= 11 is 0. The molecular weight excluding hydrogens is 410 g/mol. The van der Waals surface area contributed by atoms with E-state index < -0.39 is 0 Å². The Labute approximate surface area is 187 Å². The number of hydrogen-bond donors (Lipinski definition) is 0. The number of aryl methyl sites for hydroxylation is 1. The molecule has 0 radical (unpaired) electrons. The van der Waals surface area contributed by atoms with Crippen LogP contribution in [0, 0.1) is 11.8 Å². The maximum atomic E-state index is 13.2. The summed E-state index contributed by atoms with van der Waals surface area (Å²) in [5.41, 5.74) is 1.10. The highest BCUT2D eigenvalue weighted by Gasteiger charge is 2.34. The highest BCUT2D eigenvalue weighted by molar-refractivity contribution is 5.80. The zero-order valence-electron chi connectivity index (χ0n) is 18.8. The predicted octanol–water partition coefficient (Wildman–Crippen LogP) is 1.83. The van der Waals surface area contributed by atoms with Crippen molar-refractivity contribution in [1.82, 2.24) is 19.4 Å². The molecule has 9 nitrogen and oxygen atoms in total. The van der Waals surface area contributed by atoms with Gasteiger partial charge < -0.3 is 14.5 Å². The molecule has 0 N–H and O–H groups in total. The molecule has 2 aromatic rings. The van der Waals surface area contributed by atoms with Gasteiger partial charge in [-0.25, -0.2) is 9.97 Å². The van der Waals surface area contributed by atoms with E-state index in [2.05, 4.69) is 9.97 Å². The zero-order valence-corrected chi connectivity index (χ0v) is 18.8. The van der Waals surface area contributed by atoms with Gasteiger partial charge in [-0.05, 0) is 51.7 Å². The lowest BCUT2D eigenvalue weighted by Gasteiger charge is -2.37. The topological polar surface area (TPSA) is 97.6 Å². The minimum atomic E-state index is -0.177.